The van der Waals surface area contributed by atoms with Crippen LogP contribution in [0.15, 0.2) is 59.5 Å². The highest BCUT2D eigenvalue weighted by Gasteiger charge is 2.69. The van der Waals surface area contributed by atoms with Crippen LogP contribution in [-0.4, -0.2) is 43.0 Å². The quantitative estimate of drug-likeness (QED) is 0.557. The van der Waals surface area contributed by atoms with Crippen molar-refractivity contribution in [2.45, 2.75) is 30.2 Å². The number of rotatable bonds is 6. The Morgan fingerprint density at radius 1 is 1.06 bits per heavy atom. The molecule has 13 heteroatoms. The number of halogens is 3. The van der Waals surface area contributed by atoms with Crippen LogP contribution < -0.4 is 15.4 Å². The van der Waals surface area contributed by atoms with Crippen molar-refractivity contribution in [3.63, 3.8) is 0 Å². The van der Waals surface area contributed by atoms with Gasteiger partial charge in [0.2, 0.25) is 15.9 Å². The van der Waals surface area contributed by atoms with E-state index in [2.05, 4.69) is 5.32 Å². The van der Waals surface area contributed by atoms with Crippen LogP contribution in [0.2, 0.25) is 0 Å². The van der Waals surface area contributed by atoms with E-state index in [1.807, 2.05) is 0 Å². The minimum absolute atomic E-state index is 0.210. The molecule has 1 saturated heterocycles. The lowest BCUT2D eigenvalue weighted by Gasteiger charge is -2.29. The number of urea groups is 1. The molecule has 9 nitrogen and oxygen atoms in total. The number of nitrogens with zero attached hydrogens (tertiary/aromatic N) is 1. The zero-order valence-electron chi connectivity index (χ0n) is 16.4. The van der Waals surface area contributed by atoms with Gasteiger partial charge in [-0.05, 0) is 29.8 Å². The lowest BCUT2D eigenvalue weighted by atomic mass is 10.1. The summed E-state index contributed by atoms with van der Waals surface area (Å²) in [7, 11) is -4.93. The molecule has 3 N–H and O–H groups in total. The van der Waals surface area contributed by atoms with E-state index in [1.54, 1.807) is 18.2 Å². The van der Waals surface area contributed by atoms with Gasteiger partial charge >= 0.3 is 12.2 Å². The molecule has 0 saturated carbocycles. The molecule has 0 bridgehead atoms. The fourth-order valence-electron chi connectivity index (χ4n) is 2.99. The molecule has 0 aromatic heterocycles. The Morgan fingerprint density at radius 2 is 1.66 bits per heavy atom. The first-order valence-corrected chi connectivity index (χ1v) is 10.5. The van der Waals surface area contributed by atoms with Gasteiger partial charge in [0, 0.05) is 12.6 Å². The lowest BCUT2D eigenvalue weighted by molar-refractivity contribution is -0.198. The summed E-state index contributed by atoms with van der Waals surface area (Å²) in [4.78, 5) is 35.7. The van der Waals surface area contributed by atoms with Crippen molar-refractivity contribution in [2.75, 3.05) is 5.32 Å². The van der Waals surface area contributed by atoms with Crippen LogP contribution in [0.4, 0.5) is 23.7 Å². The monoisotopic (exact) mass is 470 g/mol. The Kier molecular flexibility index (Phi) is 5.98. The highest BCUT2D eigenvalue weighted by molar-refractivity contribution is 7.89. The molecule has 0 aliphatic carbocycles. The summed E-state index contributed by atoms with van der Waals surface area (Å²) in [5.41, 5.74) is -3.31. The predicted octanol–water partition coefficient (Wildman–Crippen LogP) is 1.93. The number of imide groups is 1. The molecule has 1 heterocycles. The second-order valence-electron chi connectivity index (χ2n) is 6.87. The fraction of sp³-hybridized carbons (Fsp3) is 0.211. The summed E-state index contributed by atoms with van der Waals surface area (Å²) in [5, 5.41) is 3.83. The van der Waals surface area contributed by atoms with E-state index >= 15 is 0 Å². The number of benzene rings is 2. The second-order valence-corrected chi connectivity index (χ2v) is 8.55. The Bertz CT molecular complexity index is 1150. The maximum Gasteiger partial charge on any atom is 0.435 e. The highest BCUT2D eigenvalue weighted by atomic mass is 32.2. The number of nitrogens with one attached hydrogen (secondary N) is 3. The van der Waals surface area contributed by atoms with Gasteiger partial charge in [-0.3, -0.25) is 14.5 Å². The third kappa shape index (κ3) is 4.43. The van der Waals surface area contributed by atoms with Gasteiger partial charge in [0.1, 0.15) is 0 Å². The zero-order valence-corrected chi connectivity index (χ0v) is 17.3. The molecule has 1 fully saturated rings. The number of hydrogen-bond donors (Lipinski definition) is 3. The van der Waals surface area contributed by atoms with Crippen LogP contribution >= 0.6 is 0 Å². The van der Waals surface area contributed by atoms with E-state index in [1.165, 1.54) is 29.1 Å². The van der Waals surface area contributed by atoms with Crippen molar-refractivity contribution >= 4 is 33.6 Å². The van der Waals surface area contributed by atoms with E-state index in [9.17, 15) is 36.0 Å². The number of anilines is 1. The molecule has 32 heavy (non-hydrogen) atoms. The molecule has 1 aliphatic heterocycles. The summed E-state index contributed by atoms with van der Waals surface area (Å²) in [5.74, 6) is -2.25. The Hall–Kier alpha value is -3.45. The largest absolute Gasteiger partial charge is 0.435 e. The molecule has 1 atom stereocenters. The van der Waals surface area contributed by atoms with Crippen molar-refractivity contribution in [3.05, 3.63) is 60.2 Å². The zero-order chi connectivity index (χ0) is 23.7. The molecule has 4 amide bonds. The summed E-state index contributed by atoms with van der Waals surface area (Å²) >= 11 is 0. The summed E-state index contributed by atoms with van der Waals surface area (Å²) in [6, 6.07) is 10.6. The van der Waals surface area contributed by atoms with E-state index < -0.39 is 51.1 Å². The molecule has 0 unspecified atom stereocenters. The predicted molar refractivity (Wildman–Crippen MR) is 105 cm³/mol. The third-order valence-corrected chi connectivity index (χ3v) is 5.95. The standard InChI is InChI=1S/C19H17F3N4O5S/c1-12(27)23-14-7-9-15(10-8-14)32(30,31)25-18(19(20,21)22)16(28)26(17(29)24-18)11-13-5-3-2-4-6-13/h2-10,25H,11H2,1H3,(H,23,27)(H,24,29)/t18-/m1/s1. The summed E-state index contributed by atoms with van der Waals surface area (Å²) in [6.07, 6.45) is -5.49. The van der Waals surface area contributed by atoms with Crippen molar-refractivity contribution < 1.29 is 36.0 Å². The van der Waals surface area contributed by atoms with Gasteiger partial charge in [-0.2, -0.15) is 17.9 Å². The van der Waals surface area contributed by atoms with Gasteiger partial charge < -0.3 is 10.6 Å². The minimum Gasteiger partial charge on any atom is -0.326 e. The first kappa shape index (κ1) is 23.2. The Labute approximate surface area is 180 Å². The van der Waals surface area contributed by atoms with Crippen LogP contribution in [0.3, 0.4) is 0 Å². The molecular weight excluding hydrogens is 453 g/mol. The number of amides is 4. The van der Waals surface area contributed by atoms with Crippen molar-refractivity contribution in [1.29, 1.82) is 0 Å². The molecule has 2 aromatic rings. The van der Waals surface area contributed by atoms with E-state index in [-0.39, 0.29) is 10.6 Å². The van der Waals surface area contributed by atoms with Crippen molar-refractivity contribution in [3.8, 4) is 0 Å². The van der Waals surface area contributed by atoms with Crippen LogP contribution in [0.5, 0.6) is 0 Å². The third-order valence-electron chi connectivity index (χ3n) is 4.49. The number of carbonyl (C=O) groups excluding carboxylic acids is 3. The number of carbonyl (C=O) groups is 3. The van der Waals surface area contributed by atoms with Crippen molar-refractivity contribution in [1.82, 2.24) is 14.9 Å². The number of hydrogen-bond acceptors (Lipinski definition) is 5. The van der Waals surface area contributed by atoms with Gasteiger partial charge in [-0.1, -0.05) is 30.3 Å². The molecule has 2 aromatic carbocycles. The fourth-order valence-corrected chi connectivity index (χ4v) is 4.26. The normalized spacial score (nSPS) is 19.1. The van der Waals surface area contributed by atoms with Gasteiger partial charge in [0.15, 0.2) is 0 Å². The summed E-state index contributed by atoms with van der Waals surface area (Å²) in [6.45, 7) is 0.728. The average Bonchev–Trinajstić information content (AvgIpc) is 2.93. The minimum atomic E-state index is -5.49. The van der Waals surface area contributed by atoms with E-state index in [0.29, 0.717) is 5.56 Å². The first-order chi connectivity index (χ1) is 14.9. The highest BCUT2D eigenvalue weighted by Crippen LogP contribution is 2.35. The maximum absolute atomic E-state index is 14.0. The van der Waals surface area contributed by atoms with Gasteiger partial charge in [-0.15, -0.1) is 0 Å². The molecule has 1 aliphatic rings. The number of sulfonamides is 1. The molecular formula is C19H17F3N4O5S. The molecule has 170 valence electrons. The van der Waals surface area contributed by atoms with E-state index in [0.717, 1.165) is 24.3 Å². The lowest BCUT2D eigenvalue weighted by Crippen LogP contribution is -2.69. The van der Waals surface area contributed by atoms with Gasteiger partial charge in [-0.25, -0.2) is 13.2 Å². The smallest absolute Gasteiger partial charge is 0.326 e. The Balaban J connectivity index is 1.93. The molecule has 0 radical (unpaired) electrons. The van der Waals surface area contributed by atoms with Crippen LogP contribution in [0.25, 0.3) is 0 Å². The second kappa shape index (κ2) is 8.24. The molecule has 3 rings (SSSR count). The topological polar surface area (TPSA) is 125 Å². The van der Waals surface area contributed by atoms with Gasteiger partial charge in [0.25, 0.3) is 11.6 Å². The Morgan fingerprint density at radius 3 is 2.19 bits per heavy atom. The van der Waals surface area contributed by atoms with Crippen LogP contribution in [0.1, 0.15) is 12.5 Å². The first-order valence-electron chi connectivity index (χ1n) is 9.02. The SMILES string of the molecule is CC(=O)Nc1ccc(S(=O)(=O)N[C@]2(C(F)(F)F)NC(=O)N(Cc3ccccc3)C2=O)cc1. The van der Waals surface area contributed by atoms with Crippen molar-refractivity contribution in [2.24, 2.45) is 0 Å². The summed E-state index contributed by atoms with van der Waals surface area (Å²) < 4.78 is 68.6. The molecule has 0 spiro atoms. The van der Waals surface area contributed by atoms with E-state index in [4.69, 9.17) is 0 Å². The van der Waals surface area contributed by atoms with Crippen LogP contribution in [0, 0.1) is 0 Å². The maximum atomic E-state index is 14.0. The van der Waals surface area contributed by atoms with Crippen LogP contribution in [-0.2, 0) is 26.2 Å². The average molecular weight is 470 g/mol. The van der Waals surface area contributed by atoms with Gasteiger partial charge in [0.05, 0.1) is 11.4 Å². The number of alkyl halides is 3.